The van der Waals surface area contributed by atoms with E-state index in [9.17, 15) is 9.18 Å². The zero-order valence-corrected chi connectivity index (χ0v) is 9.62. The van der Waals surface area contributed by atoms with Crippen LogP contribution >= 0.6 is 15.9 Å². The molecule has 82 valence electrons. The standard InChI is InChI=1S/C11H7BrFNO2/c12-10-4-3-9(16-10)11(15)7-2-1-6(14)5-8(7)13/h1-5H,14H2. The molecule has 0 aliphatic carbocycles. The summed E-state index contributed by atoms with van der Waals surface area (Å²) in [5.74, 6) is -1.09. The Morgan fingerprint density at radius 1 is 1.31 bits per heavy atom. The van der Waals surface area contributed by atoms with Crippen LogP contribution in [0.15, 0.2) is 39.4 Å². The second kappa shape index (κ2) is 4.09. The second-order valence-electron chi connectivity index (χ2n) is 3.17. The smallest absolute Gasteiger partial charge is 0.231 e. The Hall–Kier alpha value is -1.62. The fraction of sp³-hybridized carbons (Fsp3) is 0. The van der Waals surface area contributed by atoms with Gasteiger partial charge in [0, 0.05) is 5.69 Å². The van der Waals surface area contributed by atoms with Crippen LogP contribution in [0, 0.1) is 5.82 Å². The van der Waals surface area contributed by atoms with Gasteiger partial charge in [-0.25, -0.2) is 4.39 Å². The fourth-order valence-corrected chi connectivity index (χ4v) is 1.59. The average Bonchev–Trinajstić information content (AvgIpc) is 2.64. The number of rotatable bonds is 2. The molecule has 5 heteroatoms. The van der Waals surface area contributed by atoms with E-state index in [2.05, 4.69) is 15.9 Å². The van der Waals surface area contributed by atoms with Crippen molar-refractivity contribution in [2.75, 3.05) is 5.73 Å². The van der Waals surface area contributed by atoms with Gasteiger partial charge < -0.3 is 10.2 Å². The van der Waals surface area contributed by atoms with Crippen LogP contribution in [-0.2, 0) is 0 Å². The Kier molecular flexibility index (Phi) is 2.78. The number of anilines is 1. The van der Waals surface area contributed by atoms with Crippen LogP contribution in [0.5, 0.6) is 0 Å². The lowest BCUT2D eigenvalue weighted by atomic mass is 10.1. The third-order valence-corrected chi connectivity index (χ3v) is 2.46. The van der Waals surface area contributed by atoms with Gasteiger partial charge >= 0.3 is 0 Å². The van der Waals surface area contributed by atoms with Gasteiger partial charge in [0.2, 0.25) is 5.78 Å². The minimum atomic E-state index is -0.655. The van der Waals surface area contributed by atoms with Crippen molar-refractivity contribution in [1.82, 2.24) is 0 Å². The summed E-state index contributed by atoms with van der Waals surface area (Å²) < 4.78 is 18.9. The quantitative estimate of drug-likeness (QED) is 0.681. The Morgan fingerprint density at radius 2 is 2.06 bits per heavy atom. The number of hydrogen-bond donors (Lipinski definition) is 1. The van der Waals surface area contributed by atoms with E-state index in [0.29, 0.717) is 4.67 Å². The highest BCUT2D eigenvalue weighted by molar-refractivity contribution is 9.10. The highest BCUT2D eigenvalue weighted by Gasteiger charge is 2.17. The highest BCUT2D eigenvalue weighted by atomic mass is 79.9. The number of hydrogen-bond acceptors (Lipinski definition) is 3. The zero-order valence-electron chi connectivity index (χ0n) is 8.04. The van der Waals surface area contributed by atoms with Crippen molar-refractivity contribution in [2.45, 2.75) is 0 Å². The molecule has 0 aliphatic rings. The first-order valence-corrected chi connectivity index (χ1v) is 5.22. The maximum absolute atomic E-state index is 13.4. The van der Waals surface area contributed by atoms with E-state index >= 15 is 0 Å². The molecule has 3 nitrogen and oxygen atoms in total. The maximum atomic E-state index is 13.4. The second-order valence-corrected chi connectivity index (χ2v) is 3.95. The first kappa shape index (κ1) is 10.9. The third kappa shape index (κ3) is 1.99. The van der Waals surface area contributed by atoms with Gasteiger partial charge in [-0.05, 0) is 46.3 Å². The molecule has 0 saturated heterocycles. The number of halogens is 2. The van der Waals surface area contributed by atoms with E-state index in [4.69, 9.17) is 10.2 Å². The van der Waals surface area contributed by atoms with Crippen molar-refractivity contribution in [3.63, 3.8) is 0 Å². The predicted octanol–water partition coefficient (Wildman–Crippen LogP) is 2.99. The van der Waals surface area contributed by atoms with Crippen molar-refractivity contribution in [2.24, 2.45) is 0 Å². The number of nitrogen functional groups attached to an aromatic ring is 1. The lowest BCUT2D eigenvalue weighted by Gasteiger charge is -2.00. The summed E-state index contributed by atoms with van der Waals surface area (Å²) in [7, 11) is 0. The Morgan fingerprint density at radius 3 is 2.62 bits per heavy atom. The molecule has 0 bridgehead atoms. The monoisotopic (exact) mass is 283 g/mol. The summed E-state index contributed by atoms with van der Waals surface area (Å²) in [5, 5.41) is 0. The van der Waals surface area contributed by atoms with E-state index in [1.54, 1.807) is 6.07 Å². The Balaban J connectivity index is 2.41. The maximum Gasteiger partial charge on any atom is 0.231 e. The summed E-state index contributed by atoms with van der Waals surface area (Å²) in [5.41, 5.74) is 5.60. The van der Waals surface area contributed by atoms with Crippen LogP contribution in [0.25, 0.3) is 0 Å². The average molecular weight is 284 g/mol. The van der Waals surface area contributed by atoms with Gasteiger partial charge in [0.1, 0.15) is 5.82 Å². The lowest BCUT2D eigenvalue weighted by Crippen LogP contribution is -2.03. The summed E-state index contributed by atoms with van der Waals surface area (Å²) in [6.07, 6.45) is 0. The first-order chi connectivity index (χ1) is 7.58. The topological polar surface area (TPSA) is 56.2 Å². The number of furan rings is 1. The van der Waals surface area contributed by atoms with Gasteiger partial charge in [0.25, 0.3) is 0 Å². The molecule has 16 heavy (non-hydrogen) atoms. The van der Waals surface area contributed by atoms with Gasteiger partial charge in [0.15, 0.2) is 10.4 Å². The molecule has 1 heterocycles. The van der Waals surface area contributed by atoms with Crippen molar-refractivity contribution < 1.29 is 13.6 Å². The van der Waals surface area contributed by atoms with Crippen molar-refractivity contribution in [3.05, 3.63) is 52.1 Å². The van der Waals surface area contributed by atoms with Crippen LogP contribution in [0.4, 0.5) is 10.1 Å². The highest BCUT2D eigenvalue weighted by Crippen LogP contribution is 2.20. The number of benzene rings is 1. The van der Waals surface area contributed by atoms with E-state index in [0.717, 1.165) is 6.07 Å². The molecule has 0 unspecified atom stereocenters. The summed E-state index contributed by atoms with van der Waals surface area (Å²) >= 11 is 3.07. The molecule has 2 aromatic rings. The fourth-order valence-electron chi connectivity index (χ4n) is 1.28. The van der Waals surface area contributed by atoms with Gasteiger partial charge in [-0.2, -0.15) is 0 Å². The molecule has 0 saturated carbocycles. The van der Waals surface area contributed by atoms with Crippen LogP contribution in [0.1, 0.15) is 16.1 Å². The molecule has 0 radical (unpaired) electrons. The van der Waals surface area contributed by atoms with Gasteiger partial charge in [-0.1, -0.05) is 0 Å². The summed E-state index contributed by atoms with van der Waals surface area (Å²) in [6.45, 7) is 0. The van der Waals surface area contributed by atoms with E-state index in [1.165, 1.54) is 18.2 Å². The van der Waals surface area contributed by atoms with Crippen LogP contribution in [-0.4, -0.2) is 5.78 Å². The number of carbonyl (C=O) groups excluding carboxylic acids is 1. The number of ketones is 1. The molecule has 0 amide bonds. The van der Waals surface area contributed by atoms with Gasteiger partial charge in [-0.3, -0.25) is 4.79 Å². The molecular weight excluding hydrogens is 277 g/mol. The van der Waals surface area contributed by atoms with Gasteiger partial charge in [0.05, 0.1) is 5.56 Å². The van der Waals surface area contributed by atoms with Crippen LogP contribution < -0.4 is 5.73 Å². The molecule has 1 aromatic carbocycles. The largest absolute Gasteiger partial charge is 0.446 e. The molecule has 0 aliphatic heterocycles. The predicted molar refractivity (Wildman–Crippen MR) is 60.7 cm³/mol. The Labute approximate surface area is 99.2 Å². The number of nitrogens with two attached hydrogens (primary N) is 1. The lowest BCUT2D eigenvalue weighted by molar-refractivity contribution is 0.100. The molecular formula is C11H7BrFNO2. The molecule has 0 fully saturated rings. The zero-order chi connectivity index (χ0) is 11.7. The minimum absolute atomic E-state index is 0.0592. The molecule has 2 N–H and O–H groups in total. The molecule has 0 spiro atoms. The van der Waals surface area contributed by atoms with Crippen LogP contribution in [0.3, 0.4) is 0 Å². The molecule has 2 rings (SSSR count). The SMILES string of the molecule is Nc1ccc(C(=O)c2ccc(Br)o2)c(F)c1. The summed E-state index contributed by atoms with van der Waals surface area (Å²) in [6, 6.07) is 6.95. The third-order valence-electron chi connectivity index (χ3n) is 2.03. The van der Waals surface area contributed by atoms with E-state index < -0.39 is 11.6 Å². The van der Waals surface area contributed by atoms with E-state index in [-0.39, 0.29) is 17.0 Å². The van der Waals surface area contributed by atoms with Crippen molar-refractivity contribution in [3.8, 4) is 0 Å². The minimum Gasteiger partial charge on any atom is -0.446 e. The molecule has 1 aromatic heterocycles. The molecule has 0 atom stereocenters. The normalized spacial score (nSPS) is 10.4. The van der Waals surface area contributed by atoms with Crippen molar-refractivity contribution in [1.29, 1.82) is 0 Å². The van der Waals surface area contributed by atoms with Gasteiger partial charge in [-0.15, -0.1) is 0 Å². The first-order valence-electron chi connectivity index (χ1n) is 4.43. The van der Waals surface area contributed by atoms with Crippen molar-refractivity contribution >= 4 is 27.4 Å². The Bertz CT molecular complexity index is 551. The van der Waals surface area contributed by atoms with Crippen LogP contribution in [0.2, 0.25) is 0 Å². The number of carbonyl (C=O) groups is 1. The summed E-state index contributed by atoms with van der Waals surface area (Å²) in [4.78, 5) is 11.8. The van der Waals surface area contributed by atoms with E-state index in [1.807, 2.05) is 0 Å².